The van der Waals surface area contributed by atoms with Crippen molar-refractivity contribution in [3.8, 4) is 0 Å². The molecule has 0 amide bonds. The lowest BCUT2D eigenvalue weighted by Gasteiger charge is -2.63. The summed E-state index contributed by atoms with van der Waals surface area (Å²) in [5.41, 5.74) is 0.688. The van der Waals surface area contributed by atoms with Crippen molar-refractivity contribution in [1.82, 2.24) is 0 Å². The highest BCUT2D eigenvalue weighted by Gasteiger charge is 2.66. The first-order valence-electron chi connectivity index (χ1n) is 23.0. The Kier molecular flexibility index (Phi) is 10.6. The van der Waals surface area contributed by atoms with Crippen LogP contribution in [0.5, 0.6) is 0 Å². The lowest BCUT2D eigenvalue weighted by atomic mass is 9.43. The first kappa shape index (κ1) is 39.2. The molecule has 8 saturated carbocycles. The van der Waals surface area contributed by atoms with Crippen molar-refractivity contribution in [1.29, 1.82) is 0 Å². The van der Waals surface area contributed by atoms with Crippen LogP contribution >= 0.6 is 0 Å². The van der Waals surface area contributed by atoms with Crippen LogP contribution in [-0.2, 0) is 9.53 Å². The zero-order valence-corrected chi connectivity index (χ0v) is 34.5. The van der Waals surface area contributed by atoms with Gasteiger partial charge >= 0.3 is 5.97 Å². The van der Waals surface area contributed by atoms with Crippen LogP contribution in [0.3, 0.4) is 0 Å². The average molecular weight is 739 g/mol. The predicted octanol–water partition coefficient (Wildman–Crippen LogP) is 8.95. The van der Waals surface area contributed by atoms with E-state index >= 15 is 0 Å². The zero-order valence-electron chi connectivity index (χ0n) is 34.5. The lowest BCUT2D eigenvalue weighted by Crippen LogP contribution is -2.62. The minimum Gasteiger partial charge on any atom is -0.466 e. The molecule has 8 aliphatic carbocycles. The van der Waals surface area contributed by atoms with Crippen LogP contribution in [-0.4, -0.2) is 57.4 Å². The molecule has 0 spiro atoms. The highest BCUT2D eigenvalue weighted by atomic mass is 16.5. The Labute approximate surface area is 322 Å². The van der Waals surface area contributed by atoms with Crippen molar-refractivity contribution in [2.75, 3.05) is 6.61 Å². The molecule has 0 aromatic carbocycles. The third-order valence-corrected chi connectivity index (χ3v) is 20.6. The van der Waals surface area contributed by atoms with Crippen LogP contribution in [0.4, 0.5) is 0 Å². The number of hydrogen-bond donors (Lipinski definition) is 4. The van der Waals surface area contributed by atoms with Crippen LogP contribution in [0.1, 0.15) is 164 Å². The summed E-state index contributed by atoms with van der Waals surface area (Å²) in [6.45, 7) is 15.2. The Balaban J connectivity index is 0.820. The first-order valence-corrected chi connectivity index (χ1v) is 23.0. The molecule has 0 heterocycles. The molecule has 0 aliphatic heterocycles. The summed E-state index contributed by atoms with van der Waals surface area (Å²) in [6.07, 6.45) is 18.7. The van der Waals surface area contributed by atoms with Gasteiger partial charge in [0.1, 0.15) is 0 Å². The molecule has 53 heavy (non-hydrogen) atoms. The summed E-state index contributed by atoms with van der Waals surface area (Å²) in [4.78, 5) is 13.2. The molecule has 0 bridgehead atoms. The number of fused-ring (bicyclic) bond motifs is 10. The quantitative estimate of drug-likeness (QED) is 0.185. The molecule has 0 aromatic heterocycles. The molecule has 20 atom stereocenters. The fourth-order valence-electron chi connectivity index (χ4n) is 17.5. The summed E-state index contributed by atoms with van der Waals surface area (Å²) in [6, 6.07) is 0. The summed E-state index contributed by atoms with van der Waals surface area (Å²) >= 11 is 0. The standard InChI is InChI=1S/C47H78O6/c1-27(35-11-13-38-43-39(26-41(51)47(35,38)6)45(4)20-16-32(49)24-30(45)25-40(43)50)7-14-42(52)53-22-18-28(2)34-10-12-36-33-9-8-29-23-31(48)15-19-44(29,3)37(33)17-21-46(34,36)5/h27-41,43,48-51H,7-26H2,1-6H3/t27-,28-,29?,30?,31-,32-,33+,34-,35-,36+,37+,38+,39+,40-,41+,43+,44+,45+,46-,47-/m1/s1. The number of aliphatic hydroxyl groups is 4. The third-order valence-electron chi connectivity index (χ3n) is 20.6. The van der Waals surface area contributed by atoms with Crippen LogP contribution in [0.25, 0.3) is 0 Å². The van der Waals surface area contributed by atoms with Crippen molar-refractivity contribution in [3.63, 3.8) is 0 Å². The van der Waals surface area contributed by atoms with Crippen molar-refractivity contribution >= 4 is 5.97 Å². The van der Waals surface area contributed by atoms with E-state index in [-0.39, 0.29) is 41.0 Å². The Bertz CT molecular complexity index is 1340. The van der Waals surface area contributed by atoms with Gasteiger partial charge in [-0.25, -0.2) is 0 Å². The van der Waals surface area contributed by atoms with Gasteiger partial charge in [0.2, 0.25) is 0 Å². The minimum atomic E-state index is -0.391. The van der Waals surface area contributed by atoms with Gasteiger partial charge in [0.15, 0.2) is 0 Å². The molecule has 8 fully saturated rings. The number of carbonyl (C=O) groups excluding carboxylic acids is 1. The molecule has 8 rings (SSSR count). The van der Waals surface area contributed by atoms with E-state index in [1.165, 1.54) is 44.9 Å². The van der Waals surface area contributed by atoms with E-state index < -0.39 is 6.10 Å². The van der Waals surface area contributed by atoms with Gasteiger partial charge in [-0.1, -0.05) is 41.5 Å². The van der Waals surface area contributed by atoms with Crippen molar-refractivity contribution in [2.24, 2.45) is 92.7 Å². The molecule has 302 valence electrons. The second-order valence-electron chi connectivity index (χ2n) is 22.3. The zero-order chi connectivity index (χ0) is 37.7. The minimum absolute atomic E-state index is 0.0622. The smallest absolute Gasteiger partial charge is 0.305 e. The number of rotatable bonds is 8. The van der Waals surface area contributed by atoms with Crippen molar-refractivity contribution < 1.29 is 30.0 Å². The number of carbonyl (C=O) groups is 1. The summed E-state index contributed by atoms with van der Waals surface area (Å²) < 4.78 is 5.97. The summed E-state index contributed by atoms with van der Waals surface area (Å²) in [5, 5.41) is 44.5. The molecule has 8 aliphatic rings. The molecule has 0 radical (unpaired) electrons. The SMILES string of the molecule is C[C@H](CCOC(=O)CC[C@@H](C)[C@H]1CC[C@H]2[C@@H]3[C@H](O)CC4C[C@H](O)CC[C@]4(C)[C@H]3C[C@H](O)[C@]12C)[C@H]1CC[C@H]2[C@@H]3CCC4C[C@H](O)CC[C@]4(C)[C@H]3CC[C@]12C. The highest BCUT2D eigenvalue weighted by Crippen LogP contribution is 2.70. The van der Waals surface area contributed by atoms with Gasteiger partial charge in [-0.15, -0.1) is 0 Å². The highest BCUT2D eigenvalue weighted by molar-refractivity contribution is 5.69. The number of hydrogen-bond acceptors (Lipinski definition) is 6. The molecular weight excluding hydrogens is 661 g/mol. The van der Waals surface area contributed by atoms with Gasteiger partial charge in [-0.3, -0.25) is 4.79 Å². The van der Waals surface area contributed by atoms with Gasteiger partial charge < -0.3 is 25.2 Å². The van der Waals surface area contributed by atoms with Crippen LogP contribution in [0.15, 0.2) is 0 Å². The molecule has 6 nitrogen and oxygen atoms in total. The Morgan fingerprint density at radius 3 is 1.96 bits per heavy atom. The van der Waals surface area contributed by atoms with Gasteiger partial charge in [-0.05, 0) is 208 Å². The van der Waals surface area contributed by atoms with E-state index in [2.05, 4.69) is 41.5 Å². The number of ether oxygens (including phenoxy) is 1. The maximum atomic E-state index is 13.2. The van der Waals surface area contributed by atoms with Gasteiger partial charge in [-0.2, -0.15) is 0 Å². The van der Waals surface area contributed by atoms with Crippen LogP contribution in [0.2, 0.25) is 0 Å². The second kappa shape index (κ2) is 14.3. The molecular formula is C47H78O6. The topological polar surface area (TPSA) is 107 Å². The molecule has 4 N–H and O–H groups in total. The van der Waals surface area contributed by atoms with E-state index in [9.17, 15) is 25.2 Å². The van der Waals surface area contributed by atoms with E-state index in [1.807, 2.05) is 0 Å². The van der Waals surface area contributed by atoms with E-state index in [4.69, 9.17) is 4.74 Å². The lowest BCUT2D eigenvalue weighted by molar-refractivity contribution is -0.207. The van der Waals surface area contributed by atoms with E-state index in [0.29, 0.717) is 71.2 Å². The molecule has 6 heteroatoms. The van der Waals surface area contributed by atoms with E-state index in [0.717, 1.165) is 88.4 Å². The van der Waals surface area contributed by atoms with Crippen molar-refractivity contribution in [2.45, 2.75) is 188 Å². The van der Waals surface area contributed by atoms with Gasteiger partial charge in [0, 0.05) is 6.42 Å². The normalized spacial score (nSPS) is 54.3. The Morgan fingerprint density at radius 2 is 1.23 bits per heavy atom. The Morgan fingerprint density at radius 1 is 0.623 bits per heavy atom. The predicted molar refractivity (Wildman–Crippen MR) is 208 cm³/mol. The molecule has 2 unspecified atom stereocenters. The maximum absolute atomic E-state index is 13.2. The first-order chi connectivity index (χ1) is 25.1. The average Bonchev–Trinajstić information content (AvgIpc) is 3.66. The summed E-state index contributed by atoms with van der Waals surface area (Å²) in [5.74, 6) is 6.28. The third kappa shape index (κ3) is 6.25. The number of aliphatic hydroxyl groups excluding tert-OH is 4. The van der Waals surface area contributed by atoms with E-state index in [1.54, 1.807) is 0 Å². The van der Waals surface area contributed by atoms with Crippen LogP contribution in [0, 0.1) is 92.7 Å². The summed E-state index contributed by atoms with van der Waals surface area (Å²) in [7, 11) is 0. The fraction of sp³-hybridized carbons (Fsp3) is 0.979. The monoisotopic (exact) mass is 739 g/mol. The second-order valence-corrected chi connectivity index (χ2v) is 22.3. The molecule has 0 saturated heterocycles. The van der Waals surface area contributed by atoms with Gasteiger partial charge in [0.25, 0.3) is 0 Å². The van der Waals surface area contributed by atoms with Gasteiger partial charge in [0.05, 0.1) is 31.0 Å². The largest absolute Gasteiger partial charge is 0.466 e. The number of esters is 1. The maximum Gasteiger partial charge on any atom is 0.305 e. The van der Waals surface area contributed by atoms with Crippen molar-refractivity contribution in [3.05, 3.63) is 0 Å². The van der Waals surface area contributed by atoms with Crippen LogP contribution < -0.4 is 0 Å². The Hall–Kier alpha value is -0.690. The molecule has 0 aromatic rings. The fourth-order valence-corrected chi connectivity index (χ4v) is 17.5.